The highest BCUT2D eigenvalue weighted by atomic mass is 31.2. The maximum absolute atomic E-state index is 13.8. The predicted molar refractivity (Wildman–Crippen MR) is 147 cm³/mol. The molecule has 5 atom stereocenters. The summed E-state index contributed by atoms with van der Waals surface area (Å²) in [6.45, 7) is 10.1. The number of nitrogens with one attached hydrogen (secondary N) is 2. The van der Waals surface area contributed by atoms with Crippen LogP contribution in [0.15, 0.2) is 4.79 Å². The monoisotopic (exact) mass is 631 g/mol. The van der Waals surface area contributed by atoms with E-state index in [1.165, 1.54) is 0 Å². The van der Waals surface area contributed by atoms with E-state index < -0.39 is 80.0 Å². The lowest BCUT2D eigenvalue weighted by Crippen LogP contribution is -2.44. The molecule has 2 aromatic rings. The third-order valence-corrected chi connectivity index (χ3v) is 8.87. The Morgan fingerprint density at radius 3 is 2.16 bits per heavy atom. The van der Waals surface area contributed by atoms with Crippen LogP contribution in [0.2, 0.25) is 0 Å². The minimum atomic E-state index is -3.94. The zero-order valence-corrected chi connectivity index (χ0v) is 25.8. The van der Waals surface area contributed by atoms with Crippen molar-refractivity contribution < 1.29 is 48.2 Å². The first kappa shape index (κ1) is 34.1. The van der Waals surface area contributed by atoms with E-state index in [1.807, 2.05) is 6.92 Å². The summed E-state index contributed by atoms with van der Waals surface area (Å²) >= 11 is 0. The minimum absolute atomic E-state index is 0.0550. The van der Waals surface area contributed by atoms with E-state index in [0.717, 1.165) is 13.8 Å². The van der Waals surface area contributed by atoms with Gasteiger partial charge in [0.15, 0.2) is 24.0 Å². The molecular formula is C24H38N7O11P. The zero-order chi connectivity index (χ0) is 32.2. The summed E-state index contributed by atoms with van der Waals surface area (Å²) < 4.78 is 36.8. The number of carbonyl (C=O) groups is 3. The Kier molecular flexibility index (Phi) is 11.0. The summed E-state index contributed by atoms with van der Waals surface area (Å²) in [5, 5.41) is 37.6. The first-order valence-electron chi connectivity index (χ1n) is 13.7. The molecule has 19 heteroatoms. The predicted octanol–water partition coefficient (Wildman–Crippen LogP) is 0.555. The van der Waals surface area contributed by atoms with Gasteiger partial charge in [0.25, 0.3) is 7.44 Å². The molecule has 240 valence electrons. The van der Waals surface area contributed by atoms with E-state index in [2.05, 4.69) is 25.6 Å². The highest BCUT2D eigenvalue weighted by Gasteiger charge is 2.52. The van der Waals surface area contributed by atoms with Crippen LogP contribution in [0.3, 0.4) is 0 Å². The molecule has 2 aromatic heterocycles. The number of hydrogen-bond acceptors (Lipinski definition) is 13. The maximum Gasteiger partial charge on any atom is 0.343 e. The highest BCUT2D eigenvalue weighted by Crippen LogP contribution is 2.45. The first-order chi connectivity index (χ1) is 20.1. The van der Waals surface area contributed by atoms with Crippen molar-refractivity contribution in [3.63, 3.8) is 0 Å². The molecule has 0 bridgehead atoms. The van der Waals surface area contributed by atoms with E-state index in [4.69, 9.17) is 18.9 Å². The summed E-state index contributed by atoms with van der Waals surface area (Å²) in [6.07, 6.45) is -4.76. The summed E-state index contributed by atoms with van der Waals surface area (Å²) in [5.74, 6) is -5.10. The van der Waals surface area contributed by atoms with Crippen molar-refractivity contribution in [1.29, 1.82) is 0 Å². The van der Waals surface area contributed by atoms with Crippen molar-refractivity contribution in [2.75, 3.05) is 6.61 Å². The van der Waals surface area contributed by atoms with Crippen molar-refractivity contribution in [3.8, 4) is 0 Å². The Labute approximate surface area is 246 Å². The second-order valence-corrected chi connectivity index (χ2v) is 12.9. The van der Waals surface area contributed by atoms with E-state index in [-0.39, 0.29) is 11.0 Å². The number of ether oxygens (including phenoxy) is 4. The molecule has 5 unspecified atom stereocenters. The topological polar surface area (TPSA) is 235 Å². The van der Waals surface area contributed by atoms with Crippen LogP contribution in [0.5, 0.6) is 0 Å². The fourth-order valence-corrected chi connectivity index (χ4v) is 7.18. The lowest BCUT2D eigenvalue weighted by atomic mass is 10.1. The van der Waals surface area contributed by atoms with Gasteiger partial charge in [-0.25, -0.2) is 15.0 Å². The third kappa shape index (κ3) is 7.75. The molecule has 0 amide bonds. The van der Waals surface area contributed by atoms with Gasteiger partial charge in [0.05, 0.1) is 12.3 Å². The van der Waals surface area contributed by atoms with Crippen LogP contribution in [0, 0.1) is 0 Å². The molecule has 43 heavy (non-hydrogen) atoms. The number of aliphatic carboxylic acids is 1. The van der Waals surface area contributed by atoms with Gasteiger partial charge in [0.2, 0.25) is 5.85 Å². The summed E-state index contributed by atoms with van der Waals surface area (Å²) in [6, 6.07) is -0.787. The number of carbonyl (C=O) groups excluding carboxylic acids is 2. The normalized spacial score (nSPS) is 21.4. The molecule has 1 saturated heterocycles. The average Bonchev–Trinajstić information content (AvgIpc) is 3.35. The maximum atomic E-state index is 13.8. The van der Waals surface area contributed by atoms with Gasteiger partial charge in [0.1, 0.15) is 11.6 Å². The van der Waals surface area contributed by atoms with Crippen molar-refractivity contribution in [2.45, 2.75) is 104 Å². The Balaban J connectivity index is 2.04. The van der Waals surface area contributed by atoms with Gasteiger partial charge in [-0.05, 0) is 34.1 Å². The number of hydrogen-bond donors (Lipinski definition) is 4. The van der Waals surface area contributed by atoms with Crippen molar-refractivity contribution in [3.05, 3.63) is 16.0 Å². The quantitative estimate of drug-likeness (QED) is 0.127. The van der Waals surface area contributed by atoms with Crippen molar-refractivity contribution in [2.24, 2.45) is 0 Å². The lowest BCUT2D eigenvalue weighted by molar-refractivity contribution is -0.166. The fourth-order valence-electron chi connectivity index (χ4n) is 4.70. The van der Waals surface area contributed by atoms with Gasteiger partial charge >= 0.3 is 23.5 Å². The van der Waals surface area contributed by atoms with E-state index in [9.17, 15) is 34.1 Å². The number of carboxylic acid groups (broad SMARTS) is 1. The van der Waals surface area contributed by atoms with E-state index in [0.29, 0.717) is 28.1 Å². The molecule has 18 nitrogen and oxygen atoms in total. The van der Waals surface area contributed by atoms with Crippen molar-refractivity contribution >= 4 is 36.4 Å². The van der Waals surface area contributed by atoms with Crippen LogP contribution in [0.4, 0.5) is 0 Å². The molecule has 4 N–H and O–H groups in total. The van der Waals surface area contributed by atoms with Crippen LogP contribution >= 0.6 is 7.44 Å². The summed E-state index contributed by atoms with van der Waals surface area (Å²) in [5.41, 5.74) is -0.847. The smallest absolute Gasteiger partial charge is 0.343 e. The van der Waals surface area contributed by atoms with E-state index >= 15 is 0 Å². The number of fused-ring (bicyclic) bond motifs is 1. The van der Waals surface area contributed by atoms with Gasteiger partial charge in [-0.15, -0.1) is 10.2 Å². The molecule has 1 fully saturated rings. The molecule has 1 aliphatic rings. The van der Waals surface area contributed by atoms with Gasteiger partial charge in [-0.3, -0.25) is 18.9 Å². The molecule has 0 saturated carbocycles. The standard InChI is InChI=1S/C24H38N7O11P/c1-8-9-15-17-18(31(37)26-15)21(34)30(29-25-17)22-20(41-14(7)33)19(40-13(6)32)16(42-22)10-39-24(23(35)36)43(38,27-11(2)3)28-12(4)5/h11-12,16,19-20,22,24,37H,8-10H2,1-7H3,(H,35,36)(H2,27,28,38). The number of carboxylic acids is 1. The molecular weight excluding hydrogens is 593 g/mol. The first-order valence-corrected chi connectivity index (χ1v) is 15.4. The van der Waals surface area contributed by atoms with Crippen LogP contribution in [-0.4, -0.2) is 96.0 Å². The number of rotatable bonds is 14. The average molecular weight is 632 g/mol. The van der Waals surface area contributed by atoms with Crippen LogP contribution in [0.1, 0.15) is 66.8 Å². The lowest BCUT2D eigenvalue weighted by Gasteiger charge is -2.30. The van der Waals surface area contributed by atoms with Gasteiger partial charge < -0.3 is 29.3 Å². The molecule has 3 rings (SSSR count). The number of aryl methyl sites for hydroxylation is 1. The SMILES string of the molecule is CCCc1nn(O)c2c(=O)n(C3OC(COC(C(=O)O)P(=O)(NC(C)C)NC(C)C)C(OC(C)=O)C3OC(C)=O)nnc12. The molecule has 0 spiro atoms. The highest BCUT2D eigenvalue weighted by molar-refractivity contribution is 7.61. The number of nitrogens with zero attached hydrogens (tertiary/aromatic N) is 5. The third-order valence-electron chi connectivity index (χ3n) is 6.04. The largest absolute Gasteiger partial charge is 0.479 e. The fraction of sp³-hybridized carbons (Fsp3) is 0.708. The summed E-state index contributed by atoms with van der Waals surface area (Å²) in [7, 11) is -3.94. The Morgan fingerprint density at radius 1 is 1.07 bits per heavy atom. The Bertz CT molecular complexity index is 1430. The van der Waals surface area contributed by atoms with Crippen molar-refractivity contribution in [1.82, 2.24) is 35.1 Å². The number of esters is 2. The number of aromatic nitrogens is 5. The van der Waals surface area contributed by atoms with Crippen LogP contribution < -0.4 is 15.7 Å². The Morgan fingerprint density at radius 2 is 1.65 bits per heavy atom. The molecule has 0 radical (unpaired) electrons. The molecule has 3 heterocycles. The van der Waals surface area contributed by atoms with Gasteiger partial charge in [-0.1, -0.05) is 23.4 Å². The molecule has 0 aliphatic carbocycles. The second kappa shape index (κ2) is 13.9. The van der Waals surface area contributed by atoms with Crippen LogP contribution in [-0.2, 0) is 44.3 Å². The van der Waals surface area contributed by atoms with Gasteiger partial charge in [0, 0.05) is 25.9 Å². The zero-order valence-electron chi connectivity index (χ0n) is 24.9. The Hall–Kier alpha value is -3.44. The minimum Gasteiger partial charge on any atom is -0.479 e. The van der Waals surface area contributed by atoms with Crippen LogP contribution in [0.25, 0.3) is 11.0 Å². The second-order valence-electron chi connectivity index (χ2n) is 10.6. The molecule has 1 aliphatic heterocycles. The molecule has 0 aromatic carbocycles. The van der Waals surface area contributed by atoms with E-state index in [1.54, 1.807) is 27.7 Å². The summed E-state index contributed by atoms with van der Waals surface area (Å²) in [4.78, 5) is 50.2. The van der Waals surface area contributed by atoms with Gasteiger partial charge in [-0.2, -0.15) is 4.68 Å².